The number of para-hydroxylation sites is 1. The van der Waals surface area contributed by atoms with E-state index in [0.29, 0.717) is 18.0 Å². The lowest BCUT2D eigenvalue weighted by Crippen LogP contribution is -1.88. The van der Waals surface area contributed by atoms with Crippen molar-refractivity contribution in [3.05, 3.63) is 40.2 Å². The van der Waals surface area contributed by atoms with Gasteiger partial charge in [0.2, 0.25) is 6.54 Å². The molecular formula is C9H8ClNO. The van der Waals surface area contributed by atoms with E-state index in [9.17, 15) is 5.11 Å². The van der Waals surface area contributed by atoms with Crippen molar-refractivity contribution in [3.8, 4) is 5.75 Å². The number of phenols is 1. The van der Waals surface area contributed by atoms with Crippen molar-refractivity contribution in [2.24, 2.45) is 0 Å². The summed E-state index contributed by atoms with van der Waals surface area (Å²) >= 11 is 5.67. The Hall–Kier alpha value is -1.20. The summed E-state index contributed by atoms with van der Waals surface area (Å²) in [5, 5.41) is 9.73. The summed E-state index contributed by atoms with van der Waals surface area (Å²) in [5.74, 6) is 0.0998. The Morgan fingerprint density at radius 1 is 1.50 bits per heavy atom. The topological polar surface area (TPSA) is 24.6 Å². The molecule has 0 heterocycles. The Kier molecular flexibility index (Phi) is 2.95. The molecule has 1 aromatic rings. The van der Waals surface area contributed by atoms with Crippen LogP contribution in [-0.2, 0) is 6.42 Å². The predicted molar refractivity (Wildman–Crippen MR) is 48.3 cm³/mol. The van der Waals surface area contributed by atoms with E-state index >= 15 is 0 Å². The summed E-state index contributed by atoms with van der Waals surface area (Å²) in [6.45, 7) is 6.97. The Morgan fingerprint density at radius 3 is 2.92 bits per heavy atom. The van der Waals surface area contributed by atoms with Crippen molar-refractivity contribution in [2.75, 3.05) is 6.54 Å². The van der Waals surface area contributed by atoms with Crippen molar-refractivity contribution in [2.45, 2.75) is 6.42 Å². The second-order valence-corrected chi connectivity index (χ2v) is 2.79. The largest absolute Gasteiger partial charge is 0.506 e. The zero-order chi connectivity index (χ0) is 8.97. The van der Waals surface area contributed by atoms with Crippen LogP contribution >= 0.6 is 11.6 Å². The second kappa shape index (κ2) is 3.99. The molecule has 3 heteroatoms. The van der Waals surface area contributed by atoms with E-state index in [1.54, 1.807) is 18.2 Å². The van der Waals surface area contributed by atoms with Crippen molar-refractivity contribution in [1.29, 1.82) is 0 Å². The number of halogens is 1. The molecule has 0 atom stereocenters. The highest BCUT2D eigenvalue weighted by molar-refractivity contribution is 6.32. The Morgan fingerprint density at radius 2 is 2.25 bits per heavy atom. The van der Waals surface area contributed by atoms with Crippen molar-refractivity contribution in [3.63, 3.8) is 0 Å². The van der Waals surface area contributed by atoms with Crippen LogP contribution in [0.5, 0.6) is 5.75 Å². The maximum Gasteiger partial charge on any atom is 0.218 e. The molecule has 0 saturated carbocycles. The van der Waals surface area contributed by atoms with Gasteiger partial charge in [0.1, 0.15) is 5.75 Å². The van der Waals surface area contributed by atoms with E-state index in [4.69, 9.17) is 18.2 Å². The monoisotopic (exact) mass is 181 g/mol. The molecular weight excluding hydrogens is 174 g/mol. The lowest BCUT2D eigenvalue weighted by Gasteiger charge is -2.01. The van der Waals surface area contributed by atoms with Gasteiger partial charge in [-0.25, -0.2) is 6.57 Å². The average Bonchev–Trinajstić information content (AvgIpc) is 2.08. The van der Waals surface area contributed by atoms with Gasteiger partial charge in [-0.05, 0) is 6.07 Å². The van der Waals surface area contributed by atoms with Crippen LogP contribution in [0.1, 0.15) is 5.56 Å². The zero-order valence-corrected chi connectivity index (χ0v) is 7.17. The van der Waals surface area contributed by atoms with Gasteiger partial charge in [0, 0.05) is 12.0 Å². The number of phenolic OH excluding ortho intramolecular Hbond substituents is 1. The van der Waals surface area contributed by atoms with Gasteiger partial charge in [0.05, 0.1) is 5.02 Å². The number of rotatable bonds is 2. The highest BCUT2D eigenvalue weighted by Crippen LogP contribution is 2.26. The third kappa shape index (κ3) is 1.90. The summed E-state index contributed by atoms with van der Waals surface area (Å²) in [6.07, 6.45) is 0.551. The molecule has 1 N–H and O–H groups in total. The molecule has 0 spiro atoms. The van der Waals surface area contributed by atoms with E-state index < -0.39 is 0 Å². The van der Waals surface area contributed by atoms with E-state index in [1.165, 1.54) is 0 Å². The smallest absolute Gasteiger partial charge is 0.218 e. The van der Waals surface area contributed by atoms with Gasteiger partial charge in [-0.3, -0.25) is 0 Å². The lowest BCUT2D eigenvalue weighted by molar-refractivity contribution is 0.469. The van der Waals surface area contributed by atoms with Crippen LogP contribution in [0.2, 0.25) is 5.02 Å². The Balaban J connectivity index is 2.86. The number of nitrogens with zero attached hydrogens (tertiary/aromatic N) is 1. The first-order valence-corrected chi connectivity index (χ1v) is 3.93. The summed E-state index contributed by atoms with van der Waals surface area (Å²) in [6, 6.07) is 5.16. The van der Waals surface area contributed by atoms with Crippen LogP contribution in [0.15, 0.2) is 18.2 Å². The fourth-order valence-corrected chi connectivity index (χ4v) is 1.13. The molecule has 12 heavy (non-hydrogen) atoms. The molecule has 0 aromatic heterocycles. The lowest BCUT2D eigenvalue weighted by atomic mass is 10.1. The molecule has 0 saturated heterocycles. The van der Waals surface area contributed by atoms with Crippen LogP contribution in [0.4, 0.5) is 0 Å². The quantitative estimate of drug-likeness (QED) is 0.697. The minimum Gasteiger partial charge on any atom is -0.506 e. The minimum absolute atomic E-state index is 0.0998. The SMILES string of the molecule is [C-]#[N+]CCc1cccc(Cl)c1O. The number of hydrogen-bond donors (Lipinski definition) is 1. The van der Waals surface area contributed by atoms with Crippen molar-refractivity contribution in [1.82, 2.24) is 0 Å². The summed E-state index contributed by atoms with van der Waals surface area (Å²) < 4.78 is 0. The average molecular weight is 182 g/mol. The fraction of sp³-hybridized carbons (Fsp3) is 0.222. The van der Waals surface area contributed by atoms with Crippen molar-refractivity contribution >= 4 is 11.6 Å². The van der Waals surface area contributed by atoms with Crippen LogP contribution in [0.25, 0.3) is 4.85 Å². The van der Waals surface area contributed by atoms with Gasteiger partial charge >= 0.3 is 0 Å². The van der Waals surface area contributed by atoms with E-state index in [2.05, 4.69) is 4.85 Å². The van der Waals surface area contributed by atoms with Gasteiger partial charge < -0.3 is 9.95 Å². The van der Waals surface area contributed by atoms with Gasteiger partial charge in [0.25, 0.3) is 0 Å². The fourth-order valence-electron chi connectivity index (χ4n) is 0.938. The highest BCUT2D eigenvalue weighted by atomic mass is 35.5. The molecule has 0 aliphatic rings. The number of hydrogen-bond acceptors (Lipinski definition) is 1. The van der Waals surface area contributed by atoms with E-state index in [-0.39, 0.29) is 5.75 Å². The van der Waals surface area contributed by atoms with Crippen LogP contribution in [0.3, 0.4) is 0 Å². The molecule has 0 bridgehead atoms. The predicted octanol–water partition coefficient (Wildman–Crippen LogP) is 2.51. The van der Waals surface area contributed by atoms with Gasteiger partial charge in [-0.2, -0.15) is 0 Å². The second-order valence-electron chi connectivity index (χ2n) is 2.38. The minimum atomic E-state index is 0.0998. The first-order chi connectivity index (χ1) is 5.75. The molecule has 1 aromatic carbocycles. The molecule has 0 aliphatic heterocycles. The maximum absolute atomic E-state index is 9.39. The zero-order valence-electron chi connectivity index (χ0n) is 6.42. The highest BCUT2D eigenvalue weighted by Gasteiger charge is 2.04. The molecule has 0 unspecified atom stereocenters. The van der Waals surface area contributed by atoms with E-state index in [0.717, 1.165) is 5.56 Å². The molecule has 1 rings (SSSR count). The molecule has 0 amide bonds. The molecule has 0 aliphatic carbocycles. The van der Waals surface area contributed by atoms with Gasteiger partial charge in [0.15, 0.2) is 0 Å². The first kappa shape index (κ1) is 8.89. The standard InChI is InChI=1S/C9H8ClNO/c1-11-6-5-7-3-2-4-8(10)9(7)12/h2-4,12H,5-6H2. The Bertz CT molecular complexity index is 317. The van der Waals surface area contributed by atoms with Crippen LogP contribution in [-0.4, -0.2) is 11.7 Å². The van der Waals surface area contributed by atoms with E-state index in [1.807, 2.05) is 0 Å². The third-order valence-electron chi connectivity index (χ3n) is 1.56. The normalized spacial score (nSPS) is 9.33. The molecule has 62 valence electrons. The summed E-state index contributed by atoms with van der Waals surface area (Å²) in [5.41, 5.74) is 0.735. The third-order valence-corrected chi connectivity index (χ3v) is 1.87. The van der Waals surface area contributed by atoms with Crippen LogP contribution < -0.4 is 0 Å². The Labute approximate surface area is 76.2 Å². The first-order valence-electron chi connectivity index (χ1n) is 3.55. The molecule has 0 fully saturated rings. The van der Waals surface area contributed by atoms with Crippen molar-refractivity contribution < 1.29 is 5.11 Å². The van der Waals surface area contributed by atoms with Gasteiger partial charge in [-0.15, -0.1) is 0 Å². The van der Waals surface area contributed by atoms with Gasteiger partial charge in [-0.1, -0.05) is 23.7 Å². The maximum atomic E-state index is 9.39. The summed E-state index contributed by atoms with van der Waals surface area (Å²) in [7, 11) is 0. The number of benzene rings is 1. The molecule has 0 radical (unpaired) electrons. The van der Waals surface area contributed by atoms with Crippen LogP contribution in [0, 0.1) is 6.57 Å². The number of aromatic hydroxyl groups is 1. The summed E-state index contributed by atoms with van der Waals surface area (Å²) in [4.78, 5) is 3.20. The molecule has 2 nitrogen and oxygen atoms in total.